The van der Waals surface area contributed by atoms with E-state index in [1.54, 1.807) is 42.5 Å². The molecule has 0 bridgehead atoms. The molecule has 0 fully saturated rings. The number of hydrogen-bond donors (Lipinski definition) is 3. The molecule has 0 saturated heterocycles. The summed E-state index contributed by atoms with van der Waals surface area (Å²) in [5, 5.41) is 0.152. The highest BCUT2D eigenvalue weighted by atomic mass is 32.2. The first-order chi connectivity index (χ1) is 14.9. The number of amides is 2. The zero-order valence-corrected chi connectivity index (χ0v) is 16.9. The summed E-state index contributed by atoms with van der Waals surface area (Å²) in [7, 11) is -2.62. The van der Waals surface area contributed by atoms with Gasteiger partial charge in [-0.1, -0.05) is 18.2 Å². The number of carbonyl (C=O) groups is 2. The molecule has 2 amide bonds. The van der Waals surface area contributed by atoms with Gasteiger partial charge in [-0.15, -0.1) is 0 Å². The SMILES string of the molecule is CNS(=O)(=O)c1ccc(C(=O)NNC(=O)c2cc(-c3ccco3)nc3ccccc23)o1. The third kappa shape index (κ3) is 4.04. The Morgan fingerprint density at radius 2 is 1.74 bits per heavy atom. The lowest BCUT2D eigenvalue weighted by Gasteiger charge is -2.10. The molecule has 0 spiro atoms. The summed E-state index contributed by atoms with van der Waals surface area (Å²) in [6, 6.07) is 14.3. The number of nitrogens with one attached hydrogen (secondary N) is 3. The largest absolute Gasteiger partial charge is 0.463 e. The van der Waals surface area contributed by atoms with Crippen LogP contribution in [0.25, 0.3) is 22.4 Å². The van der Waals surface area contributed by atoms with Crippen molar-refractivity contribution < 1.29 is 26.8 Å². The van der Waals surface area contributed by atoms with Gasteiger partial charge in [-0.2, -0.15) is 0 Å². The lowest BCUT2D eigenvalue weighted by atomic mass is 10.1. The van der Waals surface area contributed by atoms with Gasteiger partial charge in [0.25, 0.3) is 15.9 Å². The molecule has 158 valence electrons. The van der Waals surface area contributed by atoms with E-state index in [0.29, 0.717) is 22.4 Å². The Balaban J connectivity index is 1.57. The molecule has 31 heavy (non-hydrogen) atoms. The van der Waals surface area contributed by atoms with Gasteiger partial charge in [0.1, 0.15) is 5.69 Å². The van der Waals surface area contributed by atoms with Crippen molar-refractivity contribution in [1.29, 1.82) is 0 Å². The van der Waals surface area contributed by atoms with Gasteiger partial charge in [0.05, 0.1) is 17.3 Å². The summed E-state index contributed by atoms with van der Waals surface area (Å²) < 4.78 is 35.9. The Bertz CT molecular complexity index is 1380. The number of carbonyl (C=O) groups excluding carboxylic acids is 2. The molecule has 4 rings (SSSR count). The maximum absolute atomic E-state index is 12.8. The van der Waals surface area contributed by atoms with Gasteiger partial charge in [0.15, 0.2) is 11.5 Å². The van der Waals surface area contributed by atoms with E-state index in [-0.39, 0.29) is 11.3 Å². The second-order valence-corrected chi connectivity index (χ2v) is 8.10. The summed E-state index contributed by atoms with van der Waals surface area (Å²) in [6.07, 6.45) is 1.50. The second-order valence-electron chi connectivity index (χ2n) is 6.28. The molecule has 0 aliphatic rings. The van der Waals surface area contributed by atoms with Gasteiger partial charge < -0.3 is 8.83 Å². The number of hydrazine groups is 1. The molecule has 11 heteroatoms. The van der Waals surface area contributed by atoms with Gasteiger partial charge in [0.2, 0.25) is 5.09 Å². The summed E-state index contributed by atoms with van der Waals surface area (Å²) in [5.74, 6) is -1.23. The number of hydrogen-bond acceptors (Lipinski definition) is 7. The van der Waals surface area contributed by atoms with Gasteiger partial charge >= 0.3 is 5.91 Å². The number of para-hydroxylation sites is 1. The van der Waals surface area contributed by atoms with Crippen molar-refractivity contribution in [2.24, 2.45) is 0 Å². The quantitative estimate of drug-likeness (QED) is 0.403. The minimum absolute atomic E-state index is 0.259. The Morgan fingerprint density at radius 3 is 2.48 bits per heavy atom. The van der Waals surface area contributed by atoms with Crippen molar-refractivity contribution in [3.05, 3.63) is 72.2 Å². The van der Waals surface area contributed by atoms with Crippen LogP contribution in [0.5, 0.6) is 0 Å². The zero-order valence-electron chi connectivity index (χ0n) is 16.1. The van der Waals surface area contributed by atoms with Gasteiger partial charge in [0, 0.05) is 5.39 Å². The van der Waals surface area contributed by atoms with Crippen molar-refractivity contribution in [3.8, 4) is 11.5 Å². The predicted molar refractivity (Wildman–Crippen MR) is 109 cm³/mol. The minimum Gasteiger partial charge on any atom is -0.463 e. The Kier molecular flexibility index (Phi) is 5.28. The molecule has 3 heterocycles. The standard InChI is InChI=1S/C20H16N4O6S/c1-21-31(27,28)18-9-8-17(30-18)20(26)24-23-19(25)13-11-15(16-7-4-10-29-16)22-14-6-3-2-5-12(13)14/h2-11,21H,1H3,(H,23,25)(H,24,26). The first-order valence-electron chi connectivity index (χ1n) is 8.97. The fraction of sp³-hybridized carbons (Fsp3) is 0.0500. The molecule has 0 aliphatic carbocycles. The van der Waals surface area contributed by atoms with E-state index >= 15 is 0 Å². The molecule has 0 unspecified atom stereocenters. The lowest BCUT2D eigenvalue weighted by Crippen LogP contribution is -2.41. The summed E-state index contributed by atoms with van der Waals surface area (Å²) in [6.45, 7) is 0. The third-order valence-electron chi connectivity index (χ3n) is 4.36. The molecule has 0 aliphatic heterocycles. The first-order valence-corrected chi connectivity index (χ1v) is 10.4. The van der Waals surface area contributed by atoms with Crippen LogP contribution in [0.2, 0.25) is 0 Å². The van der Waals surface area contributed by atoms with E-state index in [9.17, 15) is 18.0 Å². The molecular weight excluding hydrogens is 424 g/mol. The number of fused-ring (bicyclic) bond motifs is 1. The molecule has 3 aromatic heterocycles. The monoisotopic (exact) mass is 440 g/mol. The van der Waals surface area contributed by atoms with Crippen molar-refractivity contribution in [3.63, 3.8) is 0 Å². The van der Waals surface area contributed by atoms with Crippen molar-refractivity contribution in [2.75, 3.05) is 7.05 Å². The molecule has 10 nitrogen and oxygen atoms in total. The Hall–Kier alpha value is -3.96. The van der Waals surface area contributed by atoms with Crippen LogP contribution >= 0.6 is 0 Å². The van der Waals surface area contributed by atoms with Crippen LogP contribution < -0.4 is 15.6 Å². The van der Waals surface area contributed by atoms with Crippen LogP contribution in [-0.2, 0) is 10.0 Å². The smallest absolute Gasteiger partial charge is 0.305 e. The number of nitrogens with zero attached hydrogens (tertiary/aromatic N) is 1. The van der Waals surface area contributed by atoms with Crippen LogP contribution in [0.3, 0.4) is 0 Å². The van der Waals surface area contributed by atoms with E-state index in [1.165, 1.54) is 19.4 Å². The molecule has 0 saturated carbocycles. The fourth-order valence-electron chi connectivity index (χ4n) is 2.84. The normalized spacial score (nSPS) is 11.4. The van der Waals surface area contributed by atoms with Gasteiger partial charge in [-0.05, 0) is 43.4 Å². The summed E-state index contributed by atoms with van der Waals surface area (Å²) in [4.78, 5) is 29.6. The Labute approximate surface area is 176 Å². The highest BCUT2D eigenvalue weighted by Gasteiger charge is 2.21. The van der Waals surface area contributed by atoms with E-state index in [1.807, 2.05) is 0 Å². The highest BCUT2D eigenvalue weighted by molar-refractivity contribution is 7.89. The third-order valence-corrected chi connectivity index (χ3v) is 5.65. The highest BCUT2D eigenvalue weighted by Crippen LogP contribution is 2.25. The van der Waals surface area contributed by atoms with Crippen LogP contribution in [0.15, 0.2) is 74.8 Å². The maximum atomic E-state index is 12.8. The molecule has 3 N–H and O–H groups in total. The Morgan fingerprint density at radius 1 is 0.968 bits per heavy atom. The molecule has 0 radical (unpaired) electrons. The fourth-order valence-corrected chi connectivity index (χ4v) is 3.49. The predicted octanol–water partition coefficient (Wildman–Crippen LogP) is 2.07. The maximum Gasteiger partial charge on any atom is 0.305 e. The van der Waals surface area contributed by atoms with Crippen LogP contribution in [-0.4, -0.2) is 32.3 Å². The van der Waals surface area contributed by atoms with E-state index in [2.05, 4.69) is 20.6 Å². The molecule has 0 atom stereocenters. The van der Waals surface area contributed by atoms with Crippen LogP contribution in [0.1, 0.15) is 20.9 Å². The van der Waals surface area contributed by atoms with Crippen molar-refractivity contribution in [1.82, 2.24) is 20.6 Å². The number of rotatable bonds is 5. The average Bonchev–Trinajstić information content (AvgIpc) is 3.49. The van der Waals surface area contributed by atoms with Gasteiger partial charge in [-0.3, -0.25) is 20.4 Å². The second kappa shape index (κ2) is 8.05. The van der Waals surface area contributed by atoms with Crippen molar-refractivity contribution in [2.45, 2.75) is 5.09 Å². The summed E-state index contributed by atoms with van der Waals surface area (Å²) in [5.41, 5.74) is 5.79. The topological polar surface area (TPSA) is 144 Å². The number of furan rings is 2. The van der Waals surface area contributed by atoms with Crippen molar-refractivity contribution >= 4 is 32.7 Å². The number of benzene rings is 1. The van der Waals surface area contributed by atoms with E-state index < -0.39 is 26.9 Å². The average molecular weight is 440 g/mol. The first kappa shape index (κ1) is 20.3. The summed E-state index contributed by atoms with van der Waals surface area (Å²) >= 11 is 0. The number of pyridine rings is 1. The number of aromatic nitrogens is 1. The molecule has 4 aromatic rings. The van der Waals surface area contributed by atoms with Gasteiger partial charge in [-0.25, -0.2) is 18.1 Å². The zero-order chi connectivity index (χ0) is 22.0. The molecule has 1 aromatic carbocycles. The van der Waals surface area contributed by atoms with E-state index in [0.717, 1.165) is 6.07 Å². The van der Waals surface area contributed by atoms with Crippen LogP contribution in [0, 0.1) is 0 Å². The van der Waals surface area contributed by atoms with E-state index in [4.69, 9.17) is 8.83 Å². The molecular formula is C20H16N4O6S. The van der Waals surface area contributed by atoms with Crippen LogP contribution in [0.4, 0.5) is 0 Å². The minimum atomic E-state index is -3.84. The lowest BCUT2D eigenvalue weighted by molar-refractivity contribution is 0.0828. The number of sulfonamides is 1.